The van der Waals surface area contributed by atoms with Crippen LogP contribution in [0.25, 0.3) is 22.3 Å². The van der Waals surface area contributed by atoms with Crippen LogP contribution in [0.3, 0.4) is 0 Å². The predicted octanol–water partition coefficient (Wildman–Crippen LogP) is 4.79. The highest BCUT2D eigenvalue weighted by molar-refractivity contribution is 6.32. The number of carbonyl (C=O) groups excluding carboxylic acids is 1. The number of carbonyl (C=O) groups is 1. The van der Waals surface area contributed by atoms with Gasteiger partial charge in [0.05, 0.1) is 12.5 Å². The maximum Gasteiger partial charge on any atom is 0.235 e. The summed E-state index contributed by atoms with van der Waals surface area (Å²) in [6, 6.07) is 10.3. The number of benzene rings is 2. The Bertz CT molecular complexity index is 1070. The minimum atomic E-state index is -0.789. The summed E-state index contributed by atoms with van der Waals surface area (Å²) in [5.41, 5.74) is 1.44. The van der Waals surface area contributed by atoms with E-state index in [9.17, 15) is 9.59 Å². The zero-order chi connectivity index (χ0) is 19.7. The summed E-state index contributed by atoms with van der Waals surface area (Å²) >= 11 is 6.17. The molecule has 3 aromatic rings. The standard InChI is InChI=1S/C21H19ClO5/c1-11-9-18-16(10-17(11)22)19(24)21(26-13(3)12(2)23)20(27-18)14-5-7-15(25-4)8-6-14/h5-10,13H,1-4H3. The molecule has 0 bridgehead atoms. The van der Waals surface area contributed by atoms with Crippen LogP contribution in [0.5, 0.6) is 11.5 Å². The molecule has 0 aliphatic heterocycles. The summed E-state index contributed by atoms with van der Waals surface area (Å²) < 4.78 is 16.9. The number of aryl methyl sites for hydroxylation is 1. The van der Waals surface area contributed by atoms with Crippen molar-refractivity contribution in [1.29, 1.82) is 0 Å². The Morgan fingerprint density at radius 3 is 2.44 bits per heavy atom. The van der Waals surface area contributed by atoms with Crippen LogP contribution in [0.1, 0.15) is 19.4 Å². The zero-order valence-corrected chi connectivity index (χ0v) is 16.2. The summed E-state index contributed by atoms with van der Waals surface area (Å²) in [5.74, 6) is 0.710. The summed E-state index contributed by atoms with van der Waals surface area (Å²) in [4.78, 5) is 24.7. The highest BCUT2D eigenvalue weighted by Crippen LogP contribution is 2.34. The van der Waals surface area contributed by atoms with Crippen molar-refractivity contribution in [3.05, 3.63) is 57.2 Å². The van der Waals surface area contributed by atoms with Crippen molar-refractivity contribution in [1.82, 2.24) is 0 Å². The van der Waals surface area contributed by atoms with Crippen LogP contribution in [-0.2, 0) is 4.79 Å². The molecule has 6 heteroatoms. The van der Waals surface area contributed by atoms with Crippen molar-refractivity contribution in [3.63, 3.8) is 0 Å². The Morgan fingerprint density at radius 2 is 1.85 bits per heavy atom. The monoisotopic (exact) mass is 386 g/mol. The zero-order valence-electron chi connectivity index (χ0n) is 15.5. The second kappa shape index (κ2) is 7.45. The largest absolute Gasteiger partial charge is 0.497 e. The third kappa shape index (κ3) is 3.69. The first kappa shape index (κ1) is 19.0. The lowest BCUT2D eigenvalue weighted by molar-refractivity contribution is -0.122. The molecule has 1 atom stereocenters. The fraction of sp³-hybridized carbons (Fsp3) is 0.238. The lowest BCUT2D eigenvalue weighted by Crippen LogP contribution is -2.24. The van der Waals surface area contributed by atoms with E-state index in [1.165, 1.54) is 6.92 Å². The summed E-state index contributed by atoms with van der Waals surface area (Å²) in [5, 5.41) is 0.756. The maximum atomic E-state index is 13.1. The van der Waals surface area contributed by atoms with Crippen molar-refractivity contribution in [2.24, 2.45) is 0 Å². The van der Waals surface area contributed by atoms with Gasteiger partial charge in [-0.1, -0.05) is 11.6 Å². The number of methoxy groups -OCH3 is 1. The third-order valence-electron chi connectivity index (χ3n) is 4.35. The molecule has 3 rings (SSSR count). The van der Waals surface area contributed by atoms with E-state index < -0.39 is 6.10 Å². The molecule has 0 saturated heterocycles. The van der Waals surface area contributed by atoms with Gasteiger partial charge in [0, 0.05) is 10.6 Å². The molecule has 0 aliphatic rings. The molecule has 1 aromatic heterocycles. The molecule has 0 spiro atoms. The minimum Gasteiger partial charge on any atom is -0.497 e. The van der Waals surface area contributed by atoms with E-state index >= 15 is 0 Å². The van der Waals surface area contributed by atoms with E-state index in [1.807, 2.05) is 6.92 Å². The fourth-order valence-corrected chi connectivity index (χ4v) is 2.76. The van der Waals surface area contributed by atoms with Crippen LogP contribution in [-0.4, -0.2) is 19.0 Å². The van der Waals surface area contributed by atoms with E-state index in [-0.39, 0.29) is 22.7 Å². The van der Waals surface area contributed by atoms with Crippen LogP contribution in [0, 0.1) is 6.92 Å². The molecule has 0 amide bonds. The highest BCUT2D eigenvalue weighted by atomic mass is 35.5. The van der Waals surface area contributed by atoms with Crippen LogP contribution < -0.4 is 14.9 Å². The van der Waals surface area contributed by atoms with E-state index in [2.05, 4.69) is 0 Å². The molecule has 140 valence electrons. The van der Waals surface area contributed by atoms with Gasteiger partial charge >= 0.3 is 0 Å². The summed E-state index contributed by atoms with van der Waals surface area (Å²) in [7, 11) is 1.57. The first-order valence-corrected chi connectivity index (χ1v) is 8.78. The molecular formula is C21H19ClO5. The van der Waals surface area contributed by atoms with Gasteiger partial charge in [-0.05, 0) is 62.7 Å². The molecule has 0 N–H and O–H groups in total. The third-order valence-corrected chi connectivity index (χ3v) is 4.76. The first-order valence-electron chi connectivity index (χ1n) is 8.40. The van der Waals surface area contributed by atoms with Crippen molar-refractivity contribution < 1.29 is 18.7 Å². The lowest BCUT2D eigenvalue weighted by Gasteiger charge is -2.15. The van der Waals surface area contributed by atoms with Gasteiger partial charge in [-0.25, -0.2) is 0 Å². The minimum absolute atomic E-state index is 0.0183. The van der Waals surface area contributed by atoms with Gasteiger partial charge in [0.2, 0.25) is 11.2 Å². The molecule has 0 radical (unpaired) electrons. The van der Waals surface area contributed by atoms with Gasteiger partial charge in [0.1, 0.15) is 11.3 Å². The summed E-state index contributed by atoms with van der Waals surface area (Å²) in [6.45, 7) is 4.82. The molecule has 2 aromatic carbocycles. The molecule has 1 unspecified atom stereocenters. The maximum absolute atomic E-state index is 13.1. The van der Waals surface area contributed by atoms with Gasteiger partial charge in [0.15, 0.2) is 17.6 Å². The Balaban J connectivity index is 2.29. The summed E-state index contributed by atoms with van der Waals surface area (Å²) in [6.07, 6.45) is -0.789. The van der Waals surface area contributed by atoms with Crippen LogP contribution in [0.4, 0.5) is 0 Å². The lowest BCUT2D eigenvalue weighted by atomic mass is 10.1. The smallest absolute Gasteiger partial charge is 0.235 e. The first-order chi connectivity index (χ1) is 12.8. The number of rotatable bonds is 5. The SMILES string of the molecule is COc1ccc(-c2oc3cc(C)c(Cl)cc3c(=O)c2OC(C)C(C)=O)cc1. The Kier molecular flexibility index (Phi) is 5.24. The van der Waals surface area contributed by atoms with Crippen LogP contribution >= 0.6 is 11.6 Å². The molecule has 0 fully saturated rings. The van der Waals surface area contributed by atoms with Crippen molar-refractivity contribution in [2.45, 2.75) is 26.9 Å². The number of ether oxygens (including phenoxy) is 2. The second-order valence-electron chi connectivity index (χ2n) is 6.29. The number of hydrogen-bond donors (Lipinski definition) is 0. The molecule has 1 heterocycles. The van der Waals surface area contributed by atoms with Gasteiger partial charge in [-0.2, -0.15) is 0 Å². The Labute approximate surface area is 161 Å². The van der Waals surface area contributed by atoms with E-state index in [0.717, 1.165) is 5.56 Å². The number of hydrogen-bond acceptors (Lipinski definition) is 5. The second-order valence-corrected chi connectivity index (χ2v) is 6.69. The number of halogens is 1. The Morgan fingerprint density at radius 1 is 1.19 bits per heavy atom. The molecular weight excluding hydrogens is 368 g/mol. The number of Topliss-reactive ketones (excluding diaryl/α,β-unsaturated/α-hetero) is 1. The quantitative estimate of drug-likeness (QED) is 0.631. The van der Waals surface area contributed by atoms with Gasteiger partial charge in [-0.3, -0.25) is 9.59 Å². The van der Waals surface area contributed by atoms with Crippen molar-refractivity contribution >= 4 is 28.4 Å². The van der Waals surface area contributed by atoms with Crippen molar-refractivity contribution in [3.8, 4) is 22.8 Å². The van der Waals surface area contributed by atoms with E-state index in [1.54, 1.807) is 50.4 Å². The van der Waals surface area contributed by atoms with Crippen LogP contribution in [0.2, 0.25) is 5.02 Å². The fourth-order valence-electron chi connectivity index (χ4n) is 2.60. The van der Waals surface area contributed by atoms with E-state index in [0.29, 0.717) is 27.3 Å². The van der Waals surface area contributed by atoms with Gasteiger partial charge in [0.25, 0.3) is 0 Å². The predicted molar refractivity (Wildman–Crippen MR) is 105 cm³/mol. The average Bonchev–Trinajstić information content (AvgIpc) is 2.65. The molecule has 27 heavy (non-hydrogen) atoms. The molecule has 0 saturated carbocycles. The van der Waals surface area contributed by atoms with Gasteiger partial charge in [-0.15, -0.1) is 0 Å². The van der Waals surface area contributed by atoms with Crippen molar-refractivity contribution in [2.75, 3.05) is 7.11 Å². The Hall–Kier alpha value is -2.79. The average molecular weight is 387 g/mol. The van der Waals surface area contributed by atoms with Gasteiger partial charge < -0.3 is 13.9 Å². The van der Waals surface area contributed by atoms with Crippen LogP contribution in [0.15, 0.2) is 45.6 Å². The number of ketones is 1. The topological polar surface area (TPSA) is 65.7 Å². The number of fused-ring (bicyclic) bond motifs is 1. The molecule has 0 aliphatic carbocycles. The molecule has 5 nitrogen and oxygen atoms in total. The van der Waals surface area contributed by atoms with E-state index in [4.69, 9.17) is 25.5 Å². The normalized spacial score (nSPS) is 12.0. The highest BCUT2D eigenvalue weighted by Gasteiger charge is 2.22.